The Labute approximate surface area is 90.8 Å². The van der Waals surface area contributed by atoms with Gasteiger partial charge >= 0.3 is 0 Å². The van der Waals surface area contributed by atoms with Crippen molar-refractivity contribution in [2.45, 2.75) is 32.6 Å². The first-order valence-corrected chi connectivity index (χ1v) is 5.87. The lowest BCUT2D eigenvalue weighted by Crippen LogP contribution is -2.49. The topological polar surface area (TPSA) is 37.4 Å². The average Bonchev–Trinajstić information content (AvgIpc) is 2.37. The lowest BCUT2D eigenvalue weighted by atomic mass is 9.79. The van der Waals surface area contributed by atoms with Crippen molar-refractivity contribution in [3.63, 3.8) is 0 Å². The summed E-state index contributed by atoms with van der Waals surface area (Å²) in [4.78, 5) is 25.4. The van der Waals surface area contributed by atoms with Crippen molar-refractivity contribution in [1.82, 2.24) is 4.90 Å². The maximum atomic E-state index is 12.0. The Kier molecular flexibility index (Phi) is 2.81. The van der Waals surface area contributed by atoms with Gasteiger partial charge in [0, 0.05) is 18.9 Å². The van der Waals surface area contributed by atoms with Gasteiger partial charge in [-0.2, -0.15) is 0 Å². The summed E-state index contributed by atoms with van der Waals surface area (Å²) in [5.41, 5.74) is 0. The van der Waals surface area contributed by atoms with Crippen molar-refractivity contribution in [3.05, 3.63) is 0 Å². The summed E-state index contributed by atoms with van der Waals surface area (Å²) in [6, 6.07) is 0. The molecule has 2 rings (SSSR count). The zero-order valence-corrected chi connectivity index (χ0v) is 9.53. The molecule has 1 saturated heterocycles. The van der Waals surface area contributed by atoms with Crippen LogP contribution in [0.1, 0.15) is 32.6 Å². The first-order valence-electron chi connectivity index (χ1n) is 5.87. The van der Waals surface area contributed by atoms with Crippen LogP contribution in [0.3, 0.4) is 0 Å². The lowest BCUT2D eigenvalue weighted by Gasteiger charge is -2.34. The monoisotopic (exact) mass is 209 g/mol. The van der Waals surface area contributed by atoms with Gasteiger partial charge < -0.3 is 4.90 Å². The summed E-state index contributed by atoms with van der Waals surface area (Å²) in [5.74, 6) is 1.06. The maximum Gasteiger partial charge on any atom is 0.226 e. The summed E-state index contributed by atoms with van der Waals surface area (Å²) >= 11 is 0. The molecule has 1 aliphatic carbocycles. The van der Waals surface area contributed by atoms with Gasteiger partial charge in [0.15, 0.2) is 5.78 Å². The number of hydrogen-bond acceptors (Lipinski definition) is 2. The van der Waals surface area contributed by atoms with Crippen molar-refractivity contribution in [3.8, 4) is 0 Å². The van der Waals surface area contributed by atoms with E-state index < -0.39 is 0 Å². The fraction of sp³-hybridized carbons (Fsp3) is 0.833. The number of fused-ring (bicyclic) bond motifs is 1. The number of hydrogen-bond donors (Lipinski definition) is 0. The second-order valence-corrected chi connectivity index (χ2v) is 5.15. The molecule has 3 atom stereocenters. The Morgan fingerprint density at radius 2 is 1.93 bits per heavy atom. The SMILES string of the molecule is C[C@@H]1CCCC2C(=O)CN(C)C(=O)C2C1. The molecule has 15 heavy (non-hydrogen) atoms. The molecule has 0 bridgehead atoms. The second kappa shape index (κ2) is 3.95. The quantitative estimate of drug-likeness (QED) is 0.606. The molecule has 2 fully saturated rings. The first kappa shape index (κ1) is 10.7. The number of rotatable bonds is 0. The van der Waals surface area contributed by atoms with E-state index in [4.69, 9.17) is 0 Å². The lowest BCUT2D eigenvalue weighted by molar-refractivity contribution is -0.148. The van der Waals surface area contributed by atoms with Crippen LogP contribution in [-0.2, 0) is 9.59 Å². The van der Waals surface area contributed by atoms with Crippen LogP contribution >= 0.6 is 0 Å². The van der Waals surface area contributed by atoms with Crippen LogP contribution in [0.5, 0.6) is 0 Å². The predicted molar refractivity (Wildman–Crippen MR) is 57.3 cm³/mol. The number of likely N-dealkylation sites (tertiary alicyclic amines) is 1. The molecule has 84 valence electrons. The van der Waals surface area contributed by atoms with E-state index in [1.165, 1.54) is 0 Å². The van der Waals surface area contributed by atoms with Gasteiger partial charge in [-0.15, -0.1) is 0 Å². The highest BCUT2D eigenvalue weighted by Crippen LogP contribution is 2.36. The minimum absolute atomic E-state index is 0.0197. The predicted octanol–water partition coefficient (Wildman–Crippen LogP) is 1.47. The van der Waals surface area contributed by atoms with E-state index in [1.54, 1.807) is 11.9 Å². The van der Waals surface area contributed by atoms with Gasteiger partial charge in [0.05, 0.1) is 6.54 Å². The first-order chi connectivity index (χ1) is 7.09. The molecule has 2 aliphatic rings. The number of carbonyl (C=O) groups excluding carboxylic acids is 2. The fourth-order valence-corrected chi connectivity index (χ4v) is 2.97. The van der Waals surface area contributed by atoms with Gasteiger partial charge in [0.1, 0.15) is 0 Å². The van der Waals surface area contributed by atoms with Gasteiger partial charge in [0.25, 0.3) is 0 Å². The Morgan fingerprint density at radius 1 is 1.20 bits per heavy atom. The standard InChI is InChI=1S/C12H19NO2/c1-8-4-3-5-9-10(6-8)12(15)13(2)7-11(9)14/h8-10H,3-7H2,1-2H3/t8-,9?,10?/m1/s1. The van der Waals surface area contributed by atoms with Crippen molar-refractivity contribution < 1.29 is 9.59 Å². The van der Waals surface area contributed by atoms with Crippen LogP contribution in [-0.4, -0.2) is 30.2 Å². The van der Waals surface area contributed by atoms with E-state index in [-0.39, 0.29) is 23.5 Å². The zero-order valence-electron chi connectivity index (χ0n) is 9.53. The second-order valence-electron chi connectivity index (χ2n) is 5.15. The number of Topliss-reactive ketones (excluding diaryl/α,β-unsaturated/α-hetero) is 1. The fourth-order valence-electron chi connectivity index (χ4n) is 2.97. The molecule has 1 amide bonds. The third-order valence-electron chi connectivity index (χ3n) is 3.85. The molecule has 0 aromatic carbocycles. The van der Waals surface area contributed by atoms with Crippen molar-refractivity contribution in [1.29, 1.82) is 0 Å². The minimum Gasteiger partial charge on any atom is -0.338 e. The Morgan fingerprint density at radius 3 is 2.67 bits per heavy atom. The van der Waals surface area contributed by atoms with Crippen LogP contribution in [0, 0.1) is 17.8 Å². The highest BCUT2D eigenvalue weighted by molar-refractivity contribution is 5.96. The Bertz CT molecular complexity index is 287. The van der Waals surface area contributed by atoms with Gasteiger partial charge in [-0.1, -0.05) is 19.8 Å². The third kappa shape index (κ3) is 1.92. The zero-order chi connectivity index (χ0) is 11.0. The van der Waals surface area contributed by atoms with Crippen LogP contribution < -0.4 is 0 Å². The van der Waals surface area contributed by atoms with Crippen molar-refractivity contribution in [2.24, 2.45) is 17.8 Å². The van der Waals surface area contributed by atoms with Crippen LogP contribution in [0.4, 0.5) is 0 Å². The third-order valence-corrected chi connectivity index (χ3v) is 3.85. The van der Waals surface area contributed by atoms with Crippen molar-refractivity contribution in [2.75, 3.05) is 13.6 Å². The number of carbonyl (C=O) groups is 2. The molecule has 1 saturated carbocycles. The number of piperidine rings is 1. The summed E-state index contributed by atoms with van der Waals surface area (Å²) in [7, 11) is 1.74. The Hall–Kier alpha value is -0.860. The van der Waals surface area contributed by atoms with Gasteiger partial charge in [-0.05, 0) is 18.8 Å². The van der Waals surface area contributed by atoms with Gasteiger partial charge in [-0.3, -0.25) is 9.59 Å². The van der Waals surface area contributed by atoms with Crippen LogP contribution in [0.2, 0.25) is 0 Å². The molecular formula is C12H19NO2. The summed E-state index contributed by atoms with van der Waals surface area (Å²) < 4.78 is 0. The molecule has 0 aromatic rings. The van der Waals surface area contributed by atoms with E-state index in [0.29, 0.717) is 12.5 Å². The summed E-state index contributed by atoms with van der Waals surface area (Å²) in [6.07, 6.45) is 4.09. The normalized spacial score (nSPS) is 37.5. The highest BCUT2D eigenvalue weighted by atomic mass is 16.2. The number of amides is 1. The van der Waals surface area contributed by atoms with E-state index in [9.17, 15) is 9.59 Å². The van der Waals surface area contributed by atoms with E-state index in [1.807, 2.05) is 0 Å². The average molecular weight is 209 g/mol. The number of nitrogens with zero attached hydrogens (tertiary/aromatic N) is 1. The summed E-state index contributed by atoms with van der Waals surface area (Å²) in [6.45, 7) is 2.52. The Balaban J connectivity index is 2.21. The molecule has 1 heterocycles. The highest BCUT2D eigenvalue weighted by Gasteiger charge is 2.41. The molecule has 3 nitrogen and oxygen atoms in total. The van der Waals surface area contributed by atoms with E-state index >= 15 is 0 Å². The molecule has 0 N–H and O–H groups in total. The molecule has 2 unspecified atom stereocenters. The molecule has 0 radical (unpaired) electrons. The van der Waals surface area contributed by atoms with Crippen LogP contribution in [0.25, 0.3) is 0 Å². The molecule has 3 heteroatoms. The van der Waals surface area contributed by atoms with E-state index in [0.717, 1.165) is 25.7 Å². The molecule has 0 spiro atoms. The largest absolute Gasteiger partial charge is 0.338 e. The maximum absolute atomic E-state index is 12.0. The summed E-state index contributed by atoms with van der Waals surface area (Å²) in [5, 5.41) is 0. The van der Waals surface area contributed by atoms with E-state index in [2.05, 4.69) is 6.92 Å². The molecule has 0 aromatic heterocycles. The number of ketones is 1. The van der Waals surface area contributed by atoms with Crippen molar-refractivity contribution >= 4 is 11.7 Å². The number of likely N-dealkylation sites (N-methyl/N-ethyl adjacent to an activating group) is 1. The molecule has 1 aliphatic heterocycles. The minimum atomic E-state index is -0.0197. The van der Waals surface area contributed by atoms with Gasteiger partial charge in [0.2, 0.25) is 5.91 Å². The van der Waals surface area contributed by atoms with Crippen LogP contribution in [0.15, 0.2) is 0 Å². The molecular weight excluding hydrogens is 190 g/mol. The smallest absolute Gasteiger partial charge is 0.226 e. The van der Waals surface area contributed by atoms with Gasteiger partial charge in [-0.25, -0.2) is 0 Å².